The summed E-state index contributed by atoms with van der Waals surface area (Å²) < 4.78 is 5.72. The number of hydrogen-bond acceptors (Lipinski definition) is 3. The van der Waals surface area contributed by atoms with Gasteiger partial charge in [0.05, 0.1) is 12.2 Å². The minimum absolute atomic E-state index is 0.242. The third-order valence-corrected chi connectivity index (χ3v) is 2.80. The maximum Gasteiger partial charge on any atom is 0.0678 e. The number of nitrogens with one attached hydrogen (secondary N) is 1. The molecule has 3 heteroatoms. The van der Waals surface area contributed by atoms with Gasteiger partial charge in [-0.25, -0.2) is 0 Å². The average molecular weight is 228 g/mol. The number of hydrogen-bond donors (Lipinski definition) is 1. The molecule has 0 aromatic rings. The lowest BCUT2D eigenvalue weighted by atomic mass is 10.1. The highest BCUT2D eigenvalue weighted by atomic mass is 16.5. The van der Waals surface area contributed by atoms with Crippen LogP contribution in [0.1, 0.15) is 41.0 Å². The Balaban J connectivity index is 2.13. The molecule has 3 nitrogen and oxygen atoms in total. The summed E-state index contributed by atoms with van der Waals surface area (Å²) in [5.74, 6) is 0. The van der Waals surface area contributed by atoms with Crippen LogP contribution in [-0.4, -0.2) is 48.8 Å². The zero-order valence-corrected chi connectivity index (χ0v) is 11.5. The largest absolute Gasteiger partial charge is 0.373 e. The van der Waals surface area contributed by atoms with Crippen LogP contribution in [-0.2, 0) is 4.74 Å². The van der Waals surface area contributed by atoms with Crippen LogP contribution >= 0.6 is 0 Å². The van der Waals surface area contributed by atoms with Crippen molar-refractivity contribution in [2.75, 3.05) is 26.2 Å². The Morgan fingerprint density at radius 2 is 1.75 bits per heavy atom. The van der Waals surface area contributed by atoms with Crippen molar-refractivity contribution in [3.63, 3.8) is 0 Å². The Morgan fingerprint density at radius 3 is 2.25 bits per heavy atom. The summed E-state index contributed by atoms with van der Waals surface area (Å²) in [5.41, 5.74) is 0.242. The Labute approximate surface area is 101 Å². The molecular formula is C13H28N2O. The molecule has 16 heavy (non-hydrogen) atoms. The van der Waals surface area contributed by atoms with Crippen LogP contribution in [0, 0.1) is 0 Å². The van der Waals surface area contributed by atoms with Crippen molar-refractivity contribution < 1.29 is 4.74 Å². The summed E-state index contributed by atoms with van der Waals surface area (Å²) in [5, 5.41) is 3.53. The average Bonchev–Trinajstić information content (AvgIpc) is 2.09. The predicted octanol–water partition coefficient (Wildman–Crippen LogP) is 1.87. The second kappa shape index (κ2) is 5.99. The van der Waals surface area contributed by atoms with Gasteiger partial charge in [-0.15, -0.1) is 0 Å². The zero-order valence-electron chi connectivity index (χ0n) is 11.5. The van der Waals surface area contributed by atoms with Gasteiger partial charge in [0, 0.05) is 18.6 Å². The number of nitrogens with zero attached hydrogens (tertiary/aromatic N) is 1. The first-order valence-electron chi connectivity index (χ1n) is 6.49. The first-order valence-corrected chi connectivity index (χ1v) is 6.49. The lowest BCUT2D eigenvalue weighted by molar-refractivity contribution is -0.0680. The van der Waals surface area contributed by atoms with E-state index in [1.165, 1.54) is 13.0 Å². The first-order chi connectivity index (χ1) is 7.37. The summed E-state index contributed by atoms with van der Waals surface area (Å²) >= 11 is 0. The van der Waals surface area contributed by atoms with Gasteiger partial charge in [0.1, 0.15) is 0 Å². The smallest absolute Gasteiger partial charge is 0.0678 e. The second-order valence-corrected chi connectivity index (χ2v) is 6.05. The second-order valence-electron chi connectivity index (χ2n) is 6.05. The van der Waals surface area contributed by atoms with E-state index in [1.807, 2.05) is 0 Å². The molecule has 1 fully saturated rings. The Kier molecular flexibility index (Phi) is 5.22. The van der Waals surface area contributed by atoms with Crippen LogP contribution in [0.3, 0.4) is 0 Å². The van der Waals surface area contributed by atoms with E-state index in [1.54, 1.807) is 0 Å². The van der Waals surface area contributed by atoms with Crippen molar-refractivity contribution in [3.8, 4) is 0 Å². The minimum atomic E-state index is 0.242. The zero-order chi connectivity index (χ0) is 12.2. The molecule has 1 N–H and O–H groups in total. The maximum atomic E-state index is 5.72. The fourth-order valence-electron chi connectivity index (χ4n) is 2.23. The van der Waals surface area contributed by atoms with E-state index >= 15 is 0 Å². The topological polar surface area (TPSA) is 24.5 Å². The molecule has 0 saturated carbocycles. The predicted molar refractivity (Wildman–Crippen MR) is 68.8 cm³/mol. The van der Waals surface area contributed by atoms with Crippen LogP contribution in [0.2, 0.25) is 0 Å². The molecule has 0 spiro atoms. The van der Waals surface area contributed by atoms with Crippen molar-refractivity contribution >= 4 is 0 Å². The lowest BCUT2D eigenvalue weighted by Gasteiger charge is -2.35. The van der Waals surface area contributed by atoms with Gasteiger partial charge in [0.15, 0.2) is 0 Å². The van der Waals surface area contributed by atoms with E-state index in [0.717, 1.165) is 19.6 Å². The summed E-state index contributed by atoms with van der Waals surface area (Å²) in [6.07, 6.45) is 2.00. The van der Waals surface area contributed by atoms with Crippen molar-refractivity contribution in [2.45, 2.75) is 58.8 Å². The number of rotatable bonds is 4. The SMILES string of the molecule is CC1CN(CCCNC(C)(C)C)CC(C)O1. The van der Waals surface area contributed by atoms with Crippen molar-refractivity contribution in [1.29, 1.82) is 0 Å². The van der Waals surface area contributed by atoms with Gasteiger partial charge in [-0.05, 0) is 54.1 Å². The molecule has 0 aliphatic carbocycles. The Bertz CT molecular complexity index is 191. The van der Waals surface area contributed by atoms with Crippen LogP contribution < -0.4 is 5.32 Å². The Hall–Kier alpha value is -0.120. The van der Waals surface area contributed by atoms with Crippen LogP contribution in [0.4, 0.5) is 0 Å². The van der Waals surface area contributed by atoms with Crippen molar-refractivity contribution in [1.82, 2.24) is 10.2 Å². The first kappa shape index (κ1) is 13.9. The number of ether oxygens (including phenoxy) is 1. The van der Waals surface area contributed by atoms with Gasteiger partial charge in [0.2, 0.25) is 0 Å². The molecule has 0 aromatic heterocycles. The van der Waals surface area contributed by atoms with Gasteiger partial charge in [-0.1, -0.05) is 0 Å². The molecule has 96 valence electrons. The highest BCUT2D eigenvalue weighted by molar-refractivity contribution is 4.74. The molecule has 2 unspecified atom stereocenters. The highest BCUT2D eigenvalue weighted by Crippen LogP contribution is 2.10. The molecule has 1 aliphatic heterocycles. The Morgan fingerprint density at radius 1 is 1.19 bits per heavy atom. The normalized spacial score (nSPS) is 28.3. The highest BCUT2D eigenvalue weighted by Gasteiger charge is 2.21. The van der Waals surface area contributed by atoms with E-state index in [2.05, 4.69) is 44.8 Å². The van der Waals surface area contributed by atoms with Gasteiger partial charge in [0.25, 0.3) is 0 Å². The fourth-order valence-corrected chi connectivity index (χ4v) is 2.23. The third kappa shape index (κ3) is 5.83. The molecule has 1 rings (SSSR count). The minimum Gasteiger partial charge on any atom is -0.373 e. The molecule has 1 heterocycles. The fraction of sp³-hybridized carbons (Fsp3) is 1.00. The summed E-state index contributed by atoms with van der Waals surface area (Å²) in [6.45, 7) is 15.4. The van der Waals surface area contributed by atoms with E-state index in [0.29, 0.717) is 12.2 Å². The van der Waals surface area contributed by atoms with Gasteiger partial charge in [-0.3, -0.25) is 4.90 Å². The van der Waals surface area contributed by atoms with E-state index in [9.17, 15) is 0 Å². The van der Waals surface area contributed by atoms with Gasteiger partial charge >= 0.3 is 0 Å². The molecule has 0 radical (unpaired) electrons. The molecule has 2 atom stereocenters. The molecular weight excluding hydrogens is 200 g/mol. The standard InChI is InChI=1S/C13H28N2O/c1-11-9-15(10-12(2)16-11)8-6-7-14-13(3,4)5/h11-12,14H,6-10H2,1-5H3. The van der Waals surface area contributed by atoms with Crippen molar-refractivity contribution in [2.24, 2.45) is 0 Å². The van der Waals surface area contributed by atoms with Crippen LogP contribution in [0.15, 0.2) is 0 Å². The quantitative estimate of drug-likeness (QED) is 0.744. The van der Waals surface area contributed by atoms with Gasteiger partial charge in [-0.2, -0.15) is 0 Å². The van der Waals surface area contributed by atoms with Crippen LogP contribution in [0.5, 0.6) is 0 Å². The monoisotopic (exact) mass is 228 g/mol. The van der Waals surface area contributed by atoms with Crippen LogP contribution in [0.25, 0.3) is 0 Å². The third-order valence-electron chi connectivity index (χ3n) is 2.80. The molecule has 1 saturated heterocycles. The van der Waals surface area contributed by atoms with Gasteiger partial charge < -0.3 is 10.1 Å². The summed E-state index contributed by atoms with van der Waals surface area (Å²) in [6, 6.07) is 0. The molecule has 0 aromatic carbocycles. The molecule has 1 aliphatic rings. The molecule has 0 amide bonds. The molecule has 0 bridgehead atoms. The van der Waals surface area contributed by atoms with E-state index in [-0.39, 0.29) is 5.54 Å². The van der Waals surface area contributed by atoms with E-state index < -0.39 is 0 Å². The summed E-state index contributed by atoms with van der Waals surface area (Å²) in [4.78, 5) is 2.52. The number of morpholine rings is 1. The van der Waals surface area contributed by atoms with Crippen molar-refractivity contribution in [3.05, 3.63) is 0 Å². The maximum absolute atomic E-state index is 5.72. The lowest BCUT2D eigenvalue weighted by Crippen LogP contribution is -2.46. The van der Waals surface area contributed by atoms with E-state index in [4.69, 9.17) is 4.74 Å². The summed E-state index contributed by atoms with van der Waals surface area (Å²) in [7, 11) is 0.